The second-order valence-corrected chi connectivity index (χ2v) is 11.9. The zero-order valence-electron chi connectivity index (χ0n) is 23.7. The highest BCUT2D eigenvalue weighted by molar-refractivity contribution is 7.27. The molecule has 0 spiro atoms. The first-order chi connectivity index (χ1) is 19.1. The number of nitrogens with two attached hydrogens (primary N) is 1. The van der Waals surface area contributed by atoms with Gasteiger partial charge >= 0.3 is 5.97 Å². The van der Waals surface area contributed by atoms with E-state index in [4.69, 9.17) is 10.5 Å². The summed E-state index contributed by atoms with van der Waals surface area (Å²) in [7, 11) is 2.30. The van der Waals surface area contributed by atoms with E-state index in [2.05, 4.69) is 14.6 Å². The first-order valence-electron chi connectivity index (χ1n) is 13.1. The summed E-state index contributed by atoms with van der Waals surface area (Å²) in [4.78, 5) is 38.3. The Hall–Kier alpha value is -3.49. The van der Waals surface area contributed by atoms with Crippen molar-refractivity contribution in [2.75, 3.05) is 12.3 Å². The summed E-state index contributed by atoms with van der Waals surface area (Å²) < 4.78 is 51.1. The van der Waals surface area contributed by atoms with Crippen LogP contribution in [0.3, 0.4) is 0 Å². The molecule has 0 amide bonds. The molecule has 7 nitrogen and oxygen atoms in total. The average Bonchev–Trinajstić information content (AvgIpc) is 2.83. The number of benzene rings is 2. The number of carbonyl (C=O) groups excluding carboxylic acids is 2. The Kier molecular flexibility index (Phi) is 10.2. The highest BCUT2D eigenvalue weighted by Gasteiger charge is 2.26. The first kappa shape index (κ1) is 32.0. The normalized spacial score (nSPS) is 12.4. The molecule has 220 valence electrons. The summed E-state index contributed by atoms with van der Waals surface area (Å²) in [6.07, 6.45) is 0.679. The molecule has 41 heavy (non-hydrogen) atoms. The summed E-state index contributed by atoms with van der Waals surface area (Å²) in [5, 5.41) is 3.62. The number of hydrogen-bond acceptors (Lipinski definition) is 6. The van der Waals surface area contributed by atoms with E-state index in [-0.39, 0.29) is 35.6 Å². The fourth-order valence-corrected chi connectivity index (χ4v) is 4.55. The highest BCUT2D eigenvalue weighted by atomic mass is 31.0. The fraction of sp³-hybridized carbons (Fsp3) is 0.367. The van der Waals surface area contributed by atoms with Gasteiger partial charge in [0.25, 0.3) is 5.56 Å². The third kappa shape index (κ3) is 8.05. The van der Waals surface area contributed by atoms with Crippen LogP contribution < -0.4 is 21.9 Å². The molecule has 1 aromatic heterocycles. The van der Waals surface area contributed by atoms with Crippen LogP contribution in [0.4, 0.5) is 19.0 Å². The maximum Gasteiger partial charge on any atom is 0.323 e. The Morgan fingerprint density at radius 2 is 1.61 bits per heavy atom. The van der Waals surface area contributed by atoms with E-state index in [9.17, 15) is 18.8 Å². The Morgan fingerprint density at radius 1 is 1.00 bits per heavy atom. The number of ether oxygens (including phenoxy) is 1. The van der Waals surface area contributed by atoms with Crippen molar-refractivity contribution in [1.29, 1.82) is 0 Å². The van der Waals surface area contributed by atoms with Crippen LogP contribution in [0.25, 0.3) is 5.69 Å². The van der Waals surface area contributed by atoms with Crippen molar-refractivity contribution >= 4 is 32.1 Å². The number of esters is 1. The third-order valence-electron chi connectivity index (χ3n) is 6.12. The molecule has 11 heteroatoms. The first-order valence-corrected chi connectivity index (χ1v) is 13.7. The van der Waals surface area contributed by atoms with Gasteiger partial charge in [-0.25, -0.2) is 13.2 Å². The number of anilines is 1. The number of ketones is 1. The van der Waals surface area contributed by atoms with Gasteiger partial charge in [-0.15, -0.1) is 9.24 Å². The monoisotopic (exact) mass is 589 g/mol. The number of nitrogen functional groups attached to an aromatic ring is 1. The van der Waals surface area contributed by atoms with Gasteiger partial charge in [0.15, 0.2) is 17.4 Å². The van der Waals surface area contributed by atoms with E-state index in [1.54, 1.807) is 20.8 Å². The largest absolute Gasteiger partial charge is 0.459 e. The quantitative estimate of drug-likeness (QED) is 0.206. The minimum atomic E-state index is -1.08. The molecular formula is C30H35F3N3O4P. The molecule has 3 rings (SSSR count). The molecule has 1 unspecified atom stereocenters. The number of rotatable bonds is 10. The molecule has 3 N–H and O–H groups in total. The Bertz CT molecular complexity index is 1490. The SMILES string of the molecule is CC(C)C[C@@H](NCCc1cc(F)c(-n2c(N)c(C(=O)c3ccc(P)cc3F)ccc2=O)c(F)c1)C(=O)OC(C)(C)C. The summed E-state index contributed by atoms with van der Waals surface area (Å²) in [5.41, 5.74) is 3.44. The van der Waals surface area contributed by atoms with Crippen molar-refractivity contribution in [2.24, 2.45) is 5.92 Å². The number of carbonyl (C=O) groups is 2. The van der Waals surface area contributed by atoms with Crippen molar-refractivity contribution < 1.29 is 27.5 Å². The van der Waals surface area contributed by atoms with Gasteiger partial charge in [-0.05, 0) is 87.3 Å². The predicted octanol–water partition coefficient (Wildman–Crippen LogP) is 4.46. The maximum absolute atomic E-state index is 15.3. The van der Waals surface area contributed by atoms with Crippen LogP contribution in [0.5, 0.6) is 0 Å². The van der Waals surface area contributed by atoms with Crippen LogP contribution in [-0.4, -0.2) is 34.5 Å². The number of pyridine rings is 1. The van der Waals surface area contributed by atoms with Crippen LogP contribution >= 0.6 is 9.24 Å². The maximum atomic E-state index is 15.3. The molecule has 0 bridgehead atoms. The Morgan fingerprint density at radius 3 is 2.17 bits per heavy atom. The lowest BCUT2D eigenvalue weighted by atomic mass is 10.0. The molecular weight excluding hydrogens is 554 g/mol. The topological polar surface area (TPSA) is 103 Å². The molecule has 1 heterocycles. The molecule has 0 fully saturated rings. The highest BCUT2D eigenvalue weighted by Crippen LogP contribution is 2.25. The van der Waals surface area contributed by atoms with Gasteiger partial charge in [0.2, 0.25) is 0 Å². The van der Waals surface area contributed by atoms with E-state index in [1.807, 2.05) is 13.8 Å². The lowest BCUT2D eigenvalue weighted by Gasteiger charge is -2.25. The minimum absolute atomic E-state index is 0.166. The molecule has 2 atom stereocenters. The summed E-state index contributed by atoms with van der Waals surface area (Å²) in [5.74, 6) is -4.56. The van der Waals surface area contributed by atoms with Crippen molar-refractivity contribution in [3.8, 4) is 5.69 Å². The summed E-state index contributed by atoms with van der Waals surface area (Å²) >= 11 is 0. The number of aromatic nitrogens is 1. The van der Waals surface area contributed by atoms with Crippen LogP contribution in [-0.2, 0) is 16.0 Å². The molecule has 0 saturated heterocycles. The lowest BCUT2D eigenvalue weighted by Crippen LogP contribution is -2.42. The van der Waals surface area contributed by atoms with Crippen LogP contribution in [0, 0.1) is 23.4 Å². The predicted molar refractivity (Wildman–Crippen MR) is 156 cm³/mol. The standard InChI is InChI=1S/C30H35F3N3O4P/c1-16(2)12-24(29(39)40-30(3,4)5)35-11-10-17-13-22(32)26(23(33)14-17)36-25(37)9-8-20(28(36)34)27(38)19-7-6-18(41)15-21(19)31/h6-9,13-16,24,35H,10-12,34,41H2,1-5H3/t24-/m1/s1. The van der Waals surface area contributed by atoms with Crippen molar-refractivity contribution in [3.05, 3.63) is 87.0 Å². The molecule has 2 aromatic carbocycles. The fourth-order valence-electron chi connectivity index (χ4n) is 4.31. The third-order valence-corrected chi connectivity index (χ3v) is 6.47. The molecule has 3 aromatic rings. The lowest BCUT2D eigenvalue weighted by molar-refractivity contribution is -0.158. The van der Waals surface area contributed by atoms with Crippen molar-refractivity contribution in [3.63, 3.8) is 0 Å². The Balaban J connectivity index is 1.87. The van der Waals surface area contributed by atoms with E-state index in [0.717, 1.165) is 30.3 Å². The smallest absolute Gasteiger partial charge is 0.323 e. The minimum Gasteiger partial charge on any atom is -0.459 e. The van der Waals surface area contributed by atoms with Gasteiger partial charge in [-0.3, -0.25) is 19.0 Å². The van der Waals surface area contributed by atoms with E-state index >= 15 is 8.78 Å². The summed E-state index contributed by atoms with van der Waals surface area (Å²) in [6, 6.07) is 7.44. The van der Waals surface area contributed by atoms with Crippen LogP contribution in [0.1, 0.15) is 62.5 Å². The second kappa shape index (κ2) is 13.0. The van der Waals surface area contributed by atoms with Gasteiger partial charge in [-0.1, -0.05) is 19.9 Å². The van der Waals surface area contributed by atoms with Crippen LogP contribution in [0.2, 0.25) is 0 Å². The number of halogens is 3. The van der Waals surface area contributed by atoms with Crippen LogP contribution in [0.15, 0.2) is 47.3 Å². The molecule has 0 saturated carbocycles. The van der Waals surface area contributed by atoms with Crippen molar-refractivity contribution in [1.82, 2.24) is 9.88 Å². The zero-order chi connectivity index (χ0) is 30.6. The van der Waals surface area contributed by atoms with Gasteiger partial charge in [0.1, 0.15) is 29.0 Å². The van der Waals surface area contributed by atoms with Gasteiger partial charge in [-0.2, -0.15) is 0 Å². The number of hydrogen-bond donors (Lipinski definition) is 2. The van der Waals surface area contributed by atoms with Crippen molar-refractivity contribution in [2.45, 2.75) is 59.1 Å². The van der Waals surface area contributed by atoms with Gasteiger partial charge in [0, 0.05) is 6.07 Å². The van der Waals surface area contributed by atoms with E-state index in [0.29, 0.717) is 16.3 Å². The summed E-state index contributed by atoms with van der Waals surface area (Å²) in [6.45, 7) is 9.47. The average molecular weight is 590 g/mol. The zero-order valence-corrected chi connectivity index (χ0v) is 24.8. The van der Waals surface area contributed by atoms with E-state index < -0.39 is 57.9 Å². The molecule has 0 aliphatic heterocycles. The second-order valence-electron chi connectivity index (χ2n) is 11.2. The molecule has 0 aliphatic carbocycles. The Labute approximate surface area is 239 Å². The molecule has 0 radical (unpaired) electrons. The van der Waals surface area contributed by atoms with E-state index in [1.165, 1.54) is 12.1 Å². The molecule has 0 aliphatic rings. The van der Waals surface area contributed by atoms with Gasteiger partial charge in [0.05, 0.1) is 11.1 Å². The van der Waals surface area contributed by atoms with Gasteiger partial charge < -0.3 is 15.8 Å². The number of nitrogens with zero attached hydrogens (tertiary/aromatic N) is 1. The number of nitrogens with one attached hydrogen (secondary N) is 1.